The van der Waals surface area contributed by atoms with E-state index in [4.69, 9.17) is 14.2 Å². The van der Waals surface area contributed by atoms with E-state index < -0.39 is 6.16 Å². The fourth-order valence-corrected chi connectivity index (χ4v) is 3.43. The molecule has 3 rings (SSSR count). The molecule has 1 atom stereocenters. The lowest BCUT2D eigenvalue weighted by molar-refractivity contribution is -0.00378. The topological polar surface area (TPSA) is 74.9 Å². The molecule has 1 unspecified atom stereocenters. The Hall–Kier alpha value is -3.09. The molecule has 0 saturated carbocycles. The van der Waals surface area contributed by atoms with E-state index in [1.807, 2.05) is 27.1 Å². The molecule has 2 heterocycles. The monoisotopic (exact) mass is 425 g/mol. The normalized spacial score (nSPS) is 16.0. The van der Waals surface area contributed by atoms with Crippen LogP contribution in [0.2, 0.25) is 0 Å². The molecule has 0 saturated heterocycles. The first-order chi connectivity index (χ1) is 14.6. The fraction of sp³-hybridized carbons (Fsp3) is 0.458. The van der Waals surface area contributed by atoms with Gasteiger partial charge in [-0.05, 0) is 37.3 Å². The van der Waals surface area contributed by atoms with Crippen LogP contribution in [0.15, 0.2) is 29.3 Å². The van der Waals surface area contributed by atoms with Crippen molar-refractivity contribution in [3.05, 3.63) is 52.3 Å². The maximum absolute atomic E-state index is 11.6. The molecule has 31 heavy (non-hydrogen) atoms. The van der Waals surface area contributed by atoms with Crippen LogP contribution in [0.3, 0.4) is 0 Å². The van der Waals surface area contributed by atoms with Crippen molar-refractivity contribution in [1.82, 2.24) is 9.78 Å². The maximum atomic E-state index is 11.6. The molecule has 1 aromatic carbocycles. The zero-order chi connectivity index (χ0) is 22.8. The van der Waals surface area contributed by atoms with Crippen LogP contribution < -0.4 is 0 Å². The molecule has 0 bridgehead atoms. The van der Waals surface area contributed by atoms with E-state index in [1.54, 1.807) is 11.6 Å². The third kappa shape index (κ3) is 5.16. The number of rotatable bonds is 7. The van der Waals surface area contributed by atoms with E-state index in [2.05, 4.69) is 55.1 Å². The quantitative estimate of drug-likeness (QED) is 0.362. The Morgan fingerprint density at radius 2 is 1.74 bits per heavy atom. The lowest BCUT2D eigenvalue weighted by Gasteiger charge is -2.21. The third-order valence-electron chi connectivity index (χ3n) is 5.28. The summed E-state index contributed by atoms with van der Waals surface area (Å²) in [5.74, 6) is 0.593. The Morgan fingerprint density at radius 3 is 2.23 bits per heavy atom. The van der Waals surface area contributed by atoms with Gasteiger partial charge in [0, 0.05) is 24.4 Å². The first-order valence-corrected chi connectivity index (χ1v) is 10.4. The predicted molar refractivity (Wildman–Crippen MR) is 121 cm³/mol. The summed E-state index contributed by atoms with van der Waals surface area (Å²) in [7, 11) is 1.87. The fourth-order valence-electron chi connectivity index (χ4n) is 3.43. The van der Waals surface area contributed by atoms with Crippen molar-refractivity contribution >= 4 is 23.7 Å². The van der Waals surface area contributed by atoms with Crippen LogP contribution >= 0.6 is 0 Å². The van der Waals surface area contributed by atoms with Gasteiger partial charge in [-0.1, -0.05) is 45.0 Å². The number of aliphatic imine (C=N–C) groups is 1. The highest BCUT2D eigenvalue weighted by Crippen LogP contribution is 2.36. The molecule has 0 spiro atoms. The number of benzene rings is 1. The molecular weight excluding hydrogens is 394 g/mol. The van der Waals surface area contributed by atoms with Gasteiger partial charge in [0.2, 0.25) is 6.79 Å². The van der Waals surface area contributed by atoms with Crippen LogP contribution in [0.25, 0.3) is 11.3 Å². The first-order valence-electron chi connectivity index (χ1n) is 10.4. The van der Waals surface area contributed by atoms with Crippen LogP contribution in [0.4, 0.5) is 4.79 Å². The highest BCUT2D eigenvalue weighted by atomic mass is 16.8. The highest BCUT2D eigenvalue weighted by molar-refractivity contribution is 6.04. The summed E-state index contributed by atoms with van der Waals surface area (Å²) in [6.45, 7) is 12.2. The smallest absolute Gasteiger partial charge is 0.455 e. The average Bonchev–Trinajstić information content (AvgIpc) is 3.49. The molecule has 1 aliphatic heterocycles. The lowest BCUT2D eigenvalue weighted by Crippen LogP contribution is -2.14. The van der Waals surface area contributed by atoms with E-state index in [-0.39, 0.29) is 24.9 Å². The van der Waals surface area contributed by atoms with Crippen LogP contribution in [0, 0.1) is 13.8 Å². The van der Waals surface area contributed by atoms with Gasteiger partial charge in [0.1, 0.15) is 11.7 Å². The summed E-state index contributed by atoms with van der Waals surface area (Å²) in [6.07, 6.45) is 1.11. The first kappa shape index (κ1) is 22.6. The second-order valence-electron chi connectivity index (χ2n) is 8.59. The summed E-state index contributed by atoms with van der Waals surface area (Å²) >= 11 is 0. The molecule has 7 heteroatoms. The summed E-state index contributed by atoms with van der Waals surface area (Å²) in [4.78, 5) is 16.0. The zero-order valence-electron chi connectivity index (χ0n) is 19.4. The van der Waals surface area contributed by atoms with Crippen molar-refractivity contribution in [3.8, 4) is 0 Å². The second-order valence-corrected chi connectivity index (χ2v) is 8.59. The minimum Gasteiger partial charge on any atom is -0.455 e. The van der Waals surface area contributed by atoms with Crippen LogP contribution in [0.1, 0.15) is 55.8 Å². The largest absolute Gasteiger partial charge is 0.511 e. The van der Waals surface area contributed by atoms with Gasteiger partial charge in [0.15, 0.2) is 5.76 Å². The number of aryl methyl sites for hydroxylation is 2. The summed E-state index contributed by atoms with van der Waals surface area (Å²) in [5.41, 5.74) is 5.95. The number of carbonyl (C=O) groups is 1. The van der Waals surface area contributed by atoms with Crippen molar-refractivity contribution in [3.63, 3.8) is 0 Å². The third-order valence-corrected chi connectivity index (χ3v) is 5.28. The van der Waals surface area contributed by atoms with Gasteiger partial charge in [0.05, 0.1) is 12.3 Å². The summed E-state index contributed by atoms with van der Waals surface area (Å²) < 4.78 is 17.8. The van der Waals surface area contributed by atoms with Gasteiger partial charge in [-0.2, -0.15) is 5.10 Å². The minimum absolute atomic E-state index is 0.0566. The molecule has 166 valence electrons. The molecule has 1 aromatic heterocycles. The zero-order valence-corrected chi connectivity index (χ0v) is 19.4. The molecular formula is C24H31N3O4. The molecule has 7 nitrogen and oxygen atoms in total. The average molecular weight is 426 g/mol. The molecule has 0 radical (unpaired) electrons. The number of aromatic nitrogens is 2. The van der Waals surface area contributed by atoms with Gasteiger partial charge in [-0.25, -0.2) is 4.79 Å². The Balaban J connectivity index is 2.05. The van der Waals surface area contributed by atoms with E-state index in [0.29, 0.717) is 5.76 Å². The number of hydrogen-bond acceptors (Lipinski definition) is 6. The van der Waals surface area contributed by atoms with Gasteiger partial charge >= 0.3 is 6.16 Å². The standard InChI is InChI=1S/C24H31N3O4/c1-8-29-23(28)31-14-30-22(21-15(2)16(3)26-27(21)7)20(19-13-25-19)17-9-11-18(12-10-17)24(4,5)6/h9-13,19H,8,14H2,1-7H3/b22-20+. The number of hydrogen-bond donors (Lipinski definition) is 0. The van der Waals surface area contributed by atoms with Crippen LogP contribution in [-0.4, -0.2) is 41.6 Å². The second kappa shape index (κ2) is 8.96. The molecule has 0 aliphatic carbocycles. The Labute approximate surface area is 183 Å². The summed E-state index contributed by atoms with van der Waals surface area (Å²) in [5, 5.41) is 4.54. The number of ether oxygens (including phenoxy) is 3. The van der Waals surface area contributed by atoms with Crippen molar-refractivity contribution in [2.75, 3.05) is 13.4 Å². The molecule has 0 N–H and O–H groups in total. The van der Waals surface area contributed by atoms with Crippen LogP contribution in [0.5, 0.6) is 0 Å². The van der Waals surface area contributed by atoms with Gasteiger partial charge < -0.3 is 14.2 Å². The van der Waals surface area contributed by atoms with Gasteiger partial charge in [-0.15, -0.1) is 0 Å². The van der Waals surface area contributed by atoms with Crippen molar-refractivity contribution in [1.29, 1.82) is 0 Å². The van der Waals surface area contributed by atoms with Gasteiger partial charge in [-0.3, -0.25) is 9.67 Å². The predicted octanol–water partition coefficient (Wildman–Crippen LogP) is 4.80. The lowest BCUT2D eigenvalue weighted by atomic mass is 9.85. The Kier molecular flexibility index (Phi) is 6.53. The van der Waals surface area contributed by atoms with Crippen LogP contribution in [-0.2, 0) is 26.7 Å². The molecule has 0 amide bonds. The van der Waals surface area contributed by atoms with Crippen molar-refractivity contribution < 1.29 is 19.0 Å². The van der Waals surface area contributed by atoms with Crippen molar-refractivity contribution in [2.45, 2.75) is 53.0 Å². The highest BCUT2D eigenvalue weighted by Gasteiger charge is 2.30. The Bertz CT molecular complexity index is 1000. The maximum Gasteiger partial charge on any atom is 0.511 e. The van der Waals surface area contributed by atoms with E-state index in [1.165, 1.54) is 5.56 Å². The molecule has 1 aliphatic rings. The van der Waals surface area contributed by atoms with E-state index >= 15 is 0 Å². The summed E-state index contributed by atoms with van der Waals surface area (Å²) in [6, 6.07) is 8.35. The van der Waals surface area contributed by atoms with E-state index in [9.17, 15) is 4.79 Å². The van der Waals surface area contributed by atoms with E-state index in [0.717, 1.165) is 28.1 Å². The minimum atomic E-state index is -0.765. The SMILES string of the molecule is CCOC(=O)OCO/C(=C(\c1ccc(C(C)(C)C)cc1)C1C=N1)c1c(C)c(C)nn1C. The van der Waals surface area contributed by atoms with Crippen molar-refractivity contribution in [2.24, 2.45) is 12.0 Å². The Morgan fingerprint density at radius 1 is 1.10 bits per heavy atom. The molecule has 2 aromatic rings. The molecule has 0 fully saturated rings. The number of nitrogens with zero attached hydrogens (tertiary/aromatic N) is 3. The van der Waals surface area contributed by atoms with Gasteiger partial charge in [0.25, 0.3) is 0 Å². The number of carbonyl (C=O) groups excluding carboxylic acids is 1.